The molecule has 0 aliphatic carbocycles. The maximum Gasteiger partial charge on any atom is 0.239 e. The Morgan fingerprint density at radius 2 is 2.29 bits per heavy atom. The second-order valence-corrected chi connectivity index (χ2v) is 3.94. The molecular weight excluding hydrogens is 240 g/mol. The summed E-state index contributed by atoms with van der Waals surface area (Å²) in [4.78, 5) is 11.1. The molecule has 1 aromatic carbocycles. The number of halogens is 1. The maximum atomic E-state index is 11.1. The third-order valence-electron chi connectivity index (χ3n) is 1.87. The van der Waals surface area contributed by atoms with E-state index in [9.17, 15) is 4.79 Å². The van der Waals surface area contributed by atoms with Gasteiger partial charge in [0.1, 0.15) is 17.7 Å². The molecule has 5 heteroatoms. The minimum absolute atomic E-state index is 0.00890. The van der Waals surface area contributed by atoms with Crippen LogP contribution < -0.4 is 10.1 Å². The van der Waals surface area contributed by atoms with E-state index in [1.807, 2.05) is 19.9 Å². The highest BCUT2D eigenvalue weighted by Crippen LogP contribution is 2.23. The molecule has 1 aromatic rings. The van der Waals surface area contributed by atoms with E-state index in [4.69, 9.17) is 21.6 Å². The number of hydrogen-bond acceptors (Lipinski definition) is 3. The van der Waals surface area contributed by atoms with E-state index in [-0.39, 0.29) is 17.9 Å². The van der Waals surface area contributed by atoms with Crippen LogP contribution in [0.4, 0.5) is 5.69 Å². The molecular formula is C12H13ClN2O2. The predicted molar refractivity (Wildman–Crippen MR) is 66.3 cm³/mol. The predicted octanol–water partition coefficient (Wildman–Crippen LogP) is 2.52. The molecule has 0 fully saturated rings. The summed E-state index contributed by atoms with van der Waals surface area (Å²) in [5, 5.41) is 11.5. The fraction of sp³-hybridized carbons (Fsp3) is 0.333. The first-order chi connectivity index (χ1) is 8.06. The molecule has 0 saturated heterocycles. The van der Waals surface area contributed by atoms with Crippen molar-refractivity contribution in [2.75, 3.05) is 11.2 Å². The lowest BCUT2D eigenvalue weighted by Gasteiger charge is -2.12. The molecule has 0 atom stereocenters. The second-order valence-electron chi connectivity index (χ2n) is 3.67. The average molecular weight is 253 g/mol. The van der Waals surface area contributed by atoms with E-state index >= 15 is 0 Å². The van der Waals surface area contributed by atoms with Crippen molar-refractivity contribution >= 4 is 23.2 Å². The topological polar surface area (TPSA) is 62.1 Å². The molecule has 0 heterocycles. The molecule has 0 radical (unpaired) electrons. The average Bonchev–Trinajstić information content (AvgIpc) is 2.30. The molecule has 0 spiro atoms. The maximum absolute atomic E-state index is 11.1. The Morgan fingerprint density at radius 1 is 1.59 bits per heavy atom. The van der Waals surface area contributed by atoms with E-state index < -0.39 is 0 Å². The Labute approximate surface area is 105 Å². The van der Waals surface area contributed by atoms with E-state index in [1.165, 1.54) is 0 Å². The largest absolute Gasteiger partial charge is 0.490 e. The molecule has 0 saturated carbocycles. The first-order valence-corrected chi connectivity index (χ1v) is 5.67. The zero-order chi connectivity index (χ0) is 12.8. The zero-order valence-corrected chi connectivity index (χ0v) is 10.4. The molecule has 0 unspecified atom stereocenters. The van der Waals surface area contributed by atoms with Crippen LogP contribution in [0.5, 0.6) is 5.75 Å². The standard InChI is InChI=1S/C12H13ClN2O2/c1-8(2)17-11-4-3-10(5-9(11)7-14)15-12(16)6-13/h3-5,8H,6H2,1-2H3,(H,15,16). The van der Waals surface area contributed by atoms with E-state index in [0.717, 1.165) is 0 Å². The molecule has 1 amide bonds. The highest BCUT2D eigenvalue weighted by molar-refractivity contribution is 6.29. The van der Waals surface area contributed by atoms with Crippen LogP contribution in [0.15, 0.2) is 18.2 Å². The highest BCUT2D eigenvalue weighted by Gasteiger charge is 2.08. The molecule has 0 bridgehead atoms. The van der Waals surface area contributed by atoms with Gasteiger partial charge >= 0.3 is 0 Å². The van der Waals surface area contributed by atoms with Crippen molar-refractivity contribution in [2.45, 2.75) is 20.0 Å². The zero-order valence-electron chi connectivity index (χ0n) is 9.66. The Bertz CT molecular complexity index is 452. The number of hydrogen-bond donors (Lipinski definition) is 1. The molecule has 0 aliphatic rings. The van der Waals surface area contributed by atoms with Crippen molar-refractivity contribution in [3.63, 3.8) is 0 Å². The first kappa shape index (κ1) is 13.3. The number of alkyl halides is 1. The SMILES string of the molecule is CC(C)Oc1ccc(NC(=O)CCl)cc1C#N. The van der Waals surface area contributed by atoms with Gasteiger partial charge in [0.25, 0.3) is 0 Å². The number of nitriles is 1. The summed E-state index contributed by atoms with van der Waals surface area (Å²) in [6.45, 7) is 3.76. The molecule has 90 valence electrons. The second kappa shape index (κ2) is 6.12. The number of anilines is 1. The third kappa shape index (κ3) is 3.97. The van der Waals surface area contributed by atoms with Crippen LogP contribution >= 0.6 is 11.6 Å². The number of ether oxygens (including phenoxy) is 1. The Morgan fingerprint density at radius 3 is 2.82 bits per heavy atom. The molecule has 0 aromatic heterocycles. The molecule has 4 nitrogen and oxygen atoms in total. The smallest absolute Gasteiger partial charge is 0.239 e. The lowest BCUT2D eigenvalue weighted by Crippen LogP contribution is -2.13. The van der Waals surface area contributed by atoms with Crippen LogP contribution in [-0.4, -0.2) is 17.9 Å². The van der Waals surface area contributed by atoms with Crippen molar-refractivity contribution in [3.8, 4) is 11.8 Å². The lowest BCUT2D eigenvalue weighted by molar-refractivity contribution is -0.113. The van der Waals surface area contributed by atoms with Gasteiger partial charge in [0.05, 0.1) is 11.7 Å². The number of amides is 1. The first-order valence-electron chi connectivity index (χ1n) is 5.13. The Kier molecular flexibility index (Phi) is 4.80. The molecule has 1 rings (SSSR count). The third-order valence-corrected chi connectivity index (χ3v) is 2.11. The van der Waals surface area contributed by atoms with Crippen LogP contribution in [-0.2, 0) is 4.79 Å². The normalized spacial score (nSPS) is 9.82. The Balaban J connectivity index is 2.93. The van der Waals surface area contributed by atoms with Gasteiger partial charge in [-0.2, -0.15) is 5.26 Å². The monoisotopic (exact) mass is 252 g/mol. The summed E-state index contributed by atoms with van der Waals surface area (Å²) in [5.41, 5.74) is 0.911. The Hall–Kier alpha value is -1.73. The number of nitrogens with zero attached hydrogens (tertiary/aromatic N) is 1. The quantitative estimate of drug-likeness (QED) is 0.838. The number of benzene rings is 1. The van der Waals surface area contributed by atoms with Crippen molar-refractivity contribution in [1.82, 2.24) is 0 Å². The van der Waals surface area contributed by atoms with E-state index in [2.05, 4.69) is 5.32 Å². The fourth-order valence-electron chi connectivity index (χ4n) is 1.25. The van der Waals surface area contributed by atoms with E-state index in [0.29, 0.717) is 17.0 Å². The summed E-state index contributed by atoms with van der Waals surface area (Å²) in [5.74, 6) is 0.0750. The van der Waals surface area contributed by atoms with Gasteiger partial charge in [0, 0.05) is 5.69 Å². The van der Waals surface area contributed by atoms with Crippen LogP contribution in [0, 0.1) is 11.3 Å². The highest BCUT2D eigenvalue weighted by atomic mass is 35.5. The van der Waals surface area contributed by atoms with Gasteiger partial charge in [0.2, 0.25) is 5.91 Å². The van der Waals surface area contributed by atoms with Crippen molar-refractivity contribution in [2.24, 2.45) is 0 Å². The van der Waals surface area contributed by atoms with Gasteiger partial charge < -0.3 is 10.1 Å². The van der Waals surface area contributed by atoms with E-state index in [1.54, 1.807) is 18.2 Å². The number of carbonyl (C=O) groups is 1. The lowest BCUT2D eigenvalue weighted by atomic mass is 10.2. The minimum atomic E-state index is -0.312. The molecule has 0 aliphatic heterocycles. The van der Waals surface area contributed by atoms with Gasteiger partial charge in [-0.25, -0.2) is 0 Å². The van der Waals surface area contributed by atoms with Crippen LogP contribution in [0.3, 0.4) is 0 Å². The van der Waals surface area contributed by atoms with Gasteiger partial charge in [-0.3, -0.25) is 4.79 Å². The fourth-order valence-corrected chi connectivity index (χ4v) is 1.31. The van der Waals surface area contributed by atoms with Gasteiger partial charge in [-0.1, -0.05) is 0 Å². The van der Waals surface area contributed by atoms with Crippen LogP contribution in [0.25, 0.3) is 0 Å². The van der Waals surface area contributed by atoms with Crippen molar-refractivity contribution < 1.29 is 9.53 Å². The van der Waals surface area contributed by atoms with Crippen molar-refractivity contribution in [1.29, 1.82) is 5.26 Å². The van der Waals surface area contributed by atoms with Crippen LogP contribution in [0.2, 0.25) is 0 Å². The number of nitrogens with one attached hydrogen (secondary N) is 1. The molecule has 1 N–H and O–H groups in total. The van der Waals surface area contributed by atoms with Gasteiger partial charge in [-0.15, -0.1) is 11.6 Å². The number of rotatable bonds is 4. The summed E-state index contributed by atoms with van der Waals surface area (Å²) >= 11 is 5.37. The summed E-state index contributed by atoms with van der Waals surface area (Å²) < 4.78 is 5.46. The summed E-state index contributed by atoms with van der Waals surface area (Å²) in [6.07, 6.45) is -0.00890. The summed E-state index contributed by atoms with van der Waals surface area (Å²) in [6, 6.07) is 6.91. The van der Waals surface area contributed by atoms with Crippen LogP contribution in [0.1, 0.15) is 19.4 Å². The molecule has 17 heavy (non-hydrogen) atoms. The van der Waals surface area contributed by atoms with Gasteiger partial charge in [-0.05, 0) is 32.0 Å². The summed E-state index contributed by atoms with van der Waals surface area (Å²) in [7, 11) is 0. The van der Waals surface area contributed by atoms with Crippen molar-refractivity contribution in [3.05, 3.63) is 23.8 Å². The minimum Gasteiger partial charge on any atom is -0.490 e. The van der Waals surface area contributed by atoms with Gasteiger partial charge in [0.15, 0.2) is 0 Å². The number of carbonyl (C=O) groups excluding carboxylic acids is 1.